The number of likely N-dealkylation sites (tertiary alicyclic amines) is 1. The summed E-state index contributed by atoms with van der Waals surface area (Å²) in [5.74, 6) is 2.15. The average molecular weight is 233 g/mol. The maximum atomic E-state index is 4.81. The quantitative estimate of drug-likeness (QED) is 0.780. The number of nitrogens with zero attached hydrogens (tertiary/aromatic N) is 3. The van der Waals surface area contributed by atoms with Gasteiger partial charge in [0.05, 0.1) is 5.69 Å². The maximum absolute atomic E-state index is 4.81. The van der Waals surface area contributed by atoms with Crippen LogP contribution in [0.5, 0.6) is 0 Å². The summed E-state index contributed by atoms with van der Waals surface area (Å²) >= 11 is 0. The molecule has 1 saturated heterocycles. The van der Waals surface area contributed by atoms with Gasteiger partial charge in [-0.05, 0) is 51.6 Å². The van der Waals surface area contributed by atoms with E-state index < -0.39 is 0 Å². The predicted molar refractivity (Wildman–Crippen MR) is 69.1 cm³/mol. The lowest BCUT2D eigenvalue weighted by Gasteiger charge is -2.29. The predicted octanol–water partition coefficient (Wildman–Crippen LogP) is 2.10. The van der Waals surface area contributed by atoms with E-state index in [1.54, 1.807) is 0 Å². The van der Waals surface area contributed by atoms with Crippen molar-refractivity contribution >= 4 is 0 Å². The second-order valence-corrected chi connectivity index (χ2v) is 5.77. The van der Waals surface area contributed by atoms with Gasteiger partial charge in [-0.15, -0.1) is 0 Å². The van der Waals surface area contributed by atoms with Crippen LogP contribution in [0.1, 0.15) is 37.2 Å². The Morgan fingerprint density at radius 3 is 3.06 bits per heavy atom. The molecular weight excluding hydrogens is 210 g/mol. The highest BCUT2D eigenvalue weighted by molar-refractivity contribution is 5.07. The molecule has 2 aliphatic heterocycles. The first-order valence-corrected chi connectivity index (χ1v) is 7.05. The molecule has 0 amide bonds. The van der Waals surface area contributed by atoms with Crippen LogP contribution in [0, 0.1) is 5.92 Å². The second kappa shape index (κ2) is 4.81. The van der Waals surface area contributed by atoms with Crippen LogP contribution in [0.15, 0.2) is 6.20 Å². The van der Waals surface area contributed by atoms with Gasteiger partial charge >= 0.3 is 0 Å². The standard InChI is InChI=1S/C14H23N3/c1-16-7-4-5-12(10-16)9-13-11-17-8-3-2-6-14(17)15-13/h11-12H,2-10H2,1H3. The number of hydrogen-bond donors (Lipinski definition) is 0. The Balaban J connectivity index is 1.66. The molecule has 1 aromatic rings. The van der Waals surface area contributed by atoms with E-state index in [1.807, 2.05) is 0 Å². The zero-order valence-corrected chi connectivity index (χ0v) is 10.9. The monoisotopic (exact) mass is 233 g/mol. The number of fused-ring (bicyclic) bond motifs is 1. The molecule has 2 aliphatic rings. The van der Waals surface area contributed by atoms with Gasteiger partial charge in [0, 0.05) is 25.7 Å². The first kappa shape index (κ1) is 11.3. The second-order valence-electron chi connectivity index (χ2n) is 5.77. The number of piperidine rings is 1. The van der Waals surface area contributed by atoms with E-state index in [0.717, 1.165) is 5.92 Å². The smallest absolute Gasteiger partial charge is 0.108 e. The Bertz CT molecular complexity index is 359. The van der Waals surface area contributed by atoms with E-state index >= 15 is 0 Å². The van der Waals surface area contributed by atoms with E-state index in [9.17, 15) is 0 Å². The molecule has 0 radical (unpaired) electrons. The van der Waals surface area contributed by atoms with Crippen LogP contribution in [0.4, 0.5) is 0 Å². The molecule has 0 aliphatic carbocycles. The Morgan fingerprint density at radius 1 is 1.29 bits per heavy atom. The summed E-state index contributed by atoms with van der Waals surface area (Å²) in [4.78, 5) is 7.28. The Labute approximate surface area is 104 Å². The highest BCUT2D eigenvalue weighted by Crippen LogP contribution is 2.21. The minimum absolute atomic E-state index is 0.825. The van der Waals surface area contributed by atoms with Crippen molar-refractivity contribution in [2.75, 3.05) is 20.1 Å². The fraction of sp³-hybridized carbons (Fsp3) is 0.786. The van der Waals surface area contributed by atoms with Crippen LogP contribution >= 0.6 is 0 Å². The van der Waals surface area contributed by atoms with Crippen molar-refractivity contribution in [1.29, 1.82) is 0 Å². The molecule has 0 spiro atoms. The molecule has 0 bridgehead atoms. The molecule has 3 heterocycles. The van der Waals surface area contributed by atoms with E-state index in [2.05, 4.69) is 22.7 Å². The van der Waals surface area contributed by atoms with Gasteiger partial charge in [0.15, 0.2) is 0 Å². The molecular formula is C14H23N3. The number of hydrogen-bond acceptors (Lipinski definition) is 2. The van der Waals surface area contributed by atoms with Crippen LogP contribution in [-0.2, 0) is 19.4 Å². The molecule has 0 saturated carbocycles. The van der Waals surface area contributed by atoms with Gasteiger partial charge in [-0.25, -0.2) is 4.98 Å². The third-order valence-corrected chi connectivity index (χ3v) is 4.18. The van der Waals surface area contributed by atoms with Crippen molar-refractivity contribution in [2.24, 2.45) is 5.92 Å². The molecule has 1 aromatic heterocycles. The van der Waals surface area contributed by atoms with Gasteiger partial charge in [0.1, 0.15) is 5.82 Å². The number of aryl methyl sites for hydroxylation is 2. The number of imidazole rings is 1. The summed E-state index contributed by atoms with van der Waals surface area (Å²) in [5, 5.41) is 0. The topological polar surface area (TPSA) is 21.1 Å². The molecule has 0 aromatic carbocycles. The highest BCUT2D eigenvalue weighted by Gasteiger charge is 2.20. The fourth-order valence-electron chi connectivity index (χ4n) is 3.31. The average Bonchev–Trinajstić information content (AvgIpc) is 2.71. The number of aromatic nitrogens is 2. The van der Waals surface area contributed by atoms with Crippen LogP contribution in [0.25, 0.3) is 0 Å². The van der Waals surface area contributed by atoms with E-state index in [-0.39, 0.29) is 0 Å². The largest absolute Gasteiger partial charge is 0.335 e. The molecule has 17 heavy (non-hydrogen) atoms. The summed E-state index contributed by atoms with van der Waals surface area (Å²) in [6.45, 7) is 3.71. The Kier molecular flexibility index (Phi) is 3.19. The van der Waals surface area contributed by atoms with Crippen LogP contribution in [0.2, 0.25) is 0 Å². The van der Waals surface area contributed by atoms with Gasteiger partial charge in [0.2, 0.25) is 0 Å². The van der Waals surface area contributed by atoms with Crippen LogP contribution in [0.3, 0.4) is 0 Å². The third kappa shape index (κ3) is 2.54. The van der Waals surface area contributed by atoms with Gasteiger partial charge in [0.25, 0.3) is 0 Å². The number of rotatable bonds is 2. The normalized spacial score (nSPS) is 25.8. The van der Waals surface area contributed by atoms with E-state index in [0.29, 0.717) is 0 Å². The van der Waals surface area contributed by atoms with Crippen molar-refractivity contribution in [3.63, 3.8) is 0 Å². The molecule has 3 nitrogen and oxygen atoms in total. The first-order valence-electron chi connectivity index (χ1n) is 7.05. The maximum Gasteiger partial charge on any atom is 0.108 e. The van der Waals surface area contributed by atoms with Crippen molar-refractivity contribution in [1.82, 2.24) is 14.5 Å². The summed E-state index contributed by atoms with van der Waals surface area (Å²) in [5.41, 5.74) is 1.34. The zero-order valence-electron chi connectivity index (χ0n) is 10.9. The lowest BCUT2D eigenvalue weighted by Crippen LogP contribution is -2.33. The summed E-state index contributed by atoms with van der Waals surface area (Å²) in [6.07, 6.45) is 10.1. The molecule has 0 N–H and O–H groups in total. The van der Waals surface area contributed by atoms with Gasteiger partial charge in [-0.2, -0.15) is 0 Å². The Morgan fingerprint density at radius 2 is 2.24 bits per heavy atom. The third-order valence-electron chi connectivity index (χ3n) is 4.18. The Hall–Kier alpha value is -0.830. The molecule has 1 unspecified atom stereocenters. The minimum atomic E-state index is 0.825. The molecule has 3 heteroatoms. The van der Waals surface area contributed by atoms with Crippen LogP contribution in [-0.4, -0.2) is 34.6 Å². The van der Waals surface area contributed by atoms with E-state index in [1.165, 1.54) is 69.7 Å². The molecule has 1 atom stereocenters. The molecule has 94 valence electrons. The lowest BCUT2D eigenvalue weighted by atomic mass is 9.94. The summed E-state index contributed by atoms with van der Waals surface area (Å²) in [6, 6.07) is 0. The van der Waals surface area contributed by atoms with Crippen molar-refractivity contribution in [3.05, 3.63) is 17.7 Å². The van der Waals surface area contributed by atoms with Crippen LogP contribution < -0.4 is 0 Å². The zero-order chi connectivity index (χ0) is 11.7. The van der Waals surface area contributed by atoms with Gasteiger partial charge in [-0.3, -0.25) is 0 Å². The van der Waals surface area contributed by atoms with Crippen molar-refractivity contribution < 1.29 is 0 Å². The van der Waals surface area contributed by atoms with Gasteiger partial charge < -0.3 is 9.47 Å². The first-order chi connectivity index (χ1) is 8.31. The summed E-state index contributed by atoms with van der Waals surface area (Å²) < 4.78 is 2.38. The van der Waals surface area contributed by atoms with Crippen molar-refractivity contribution in [3.8, 4) is 0 Å². The van der Waals surface area contributed by atoms with Gasteiger partial charge in [-0.1, -0.05) is 0 Å². The molecule has 3 rings (SSSR count). The molecule has 1 fully saturated rings. The SMILES string of the molecule is CN1CCCC(Cc2cn3c(n2)CCCC3)C1. The highest BCUT2D eigenvalue weighted by atomic mass is 15.1. The van der Waals surface area contributed by atoms with E-state index in [4.69, 9.17) is 4.98 Å². The fourth-order valence-corrected chi connectivity index (χ4v) is 3.31. The van der Waals surface area contributed by atoms with Crippen molar-refractivity contribution in [2.45, 2.75) is 45.1 Å². The summed E-state index contributed by atoms with van der Waals surface area (Å²) in [7, 11) is 2.24. The minimum Gasteiger partial charge on any atom is -0.335 e. The lowest BCUT2D eigenvalue weighted by molar-refractivity contribution is 0.208.